The summed E-state index contributed by atoms with van der Waals surface area (Å²) in [6.07, 6.45) is -1.18. The van der Waals surface area contributed by atoms with Crippen molar-refractivity contribution in [3.8, 4) is 0 Å². The standard InChI is InChI=1S/C19H20F2N6O2/c1-3-26-15(7-8-22-26)19(29)24-14-6-4-5-13(10-14)23-17(28)11-27-16(18(20)21)9-12(2)25-27/h4-10,18H,3,11H2,1-2H3,(H,23,28)(H,24,29). The minimum atomic E-state index is -2.72. The maximum atomic E-state index is 13.0. The number of rotatable bonds is 7. The number of amides is 2. The molecule has 0 spiro atoms. The molecular weight excluding hydrogens is 382 g/mol. The van der Waals surface area contributed by atoms with Crippen molar-refractivity contribution in [2.45, 2.75) is 33.4 Å². The molecule has 2 N–H and O–H groups in total. The Bertz CT molecular complexity index is 1030. The van der Waals surface area contributed by atoms with Gasteiger partial charge in [-0.3, -0.25) is 19.0 Å². The van der Waals surface area contributed by atoms with E-state index >= 15 is 0 Å². The first-order chi connectivity index (χ1) is 13.9. The average molecular weight is 402 g/mol. The summed E-state index contributed by atoms with van der Waals surface area (Å²) in [4.78, 5) is 24.6. The Labute approximate surface area is 165 Å². The predicted octanol–water partition coefficient (Wildman–Crippen LogP) is 3.24. The fourth-order valence-electron chi connectivity index (χ4n) is 2.85. The first kappa shape index (κ1) is 20.2. The van der Waals surface area contributed by atoms with Crippen LogP contribution in [0.25, 0.3) is 0 Å². The fourth-order valence-corrected chi connectivity index (χ4v) is 2.85. The highest BCUT2D eigenvalue weighted by Crippen LogP contribution is 2.20. The van der Waals surface area contributed by atoms with Crippen LogP contribution in [0.2, 0.25) is 0 Å². The molecule has 2 heterocycles. The van der Waals surface area contributed by atoms with Crippen molar-refractivity contribution in [1.29, 1.82) is 0 Å². The van der Waals surface area contributed by atoms with Crippen molar-refractivity contribution < 1.29 is 18.4 Å². The third-order valence-corrected chi connectivity index (χ3v) is 4.10. The molecule has 0 fully saturated rings. The minimum absolute atomic E-state index is 0.314. The largest absolute Gasteiger partial charge is 0.324 e. The second kappa shape index (κ2) is 8.63. The quantitative estimate of drug-likeness (QED) is 0.634. The van der Waals surface area contributed by atoms with Gasteiger partial charge >= 0.3 is 0 Å². The van der Waals surface area contributed by atoms with Gasteiger partial charge in [0.25, 0.3) is 12.3 Å². The van der Waals surface area contributed by atoms with E-state index in [-0.39, 0.29) is 18.1 Å². The average Bonchev–Trinajstić information content (AvgIpc) is 3.28. The molecule has 0 aliphatic carbocycles. The Morgan fingerprint density at radius 2 is 1.83 bits per heavy atom. The number of alkyl halides is 2. The molecule has 0 unspecified atom stereocenters. The molecule has 0 saturated carbocycles. The van der Waals surface area contributed by atoms with Crippen molar-refractivity contribution in [2.75, 3.05) is 10.6 Å². The molecule has 8 nitrogen and oxygen atoms in total. The molecule has 1 aromatic carbocycles. The third-order valence-electron chi connectivity index (χ3n) is 4.10. The van der Waals surface area contributed by atoms with Crippen LogP contribution in [0.1, 0.15) is 35.2 Å². The van der Waals surface area contributed by atoms with Crippen LogP contribution in [0, 0.1) is 6.92 Å². The van der Waals surface area contributed by atoms with E-state index in [0.29, 0.717) is 29.3 Å². The number of carbonyl (C=O) groups is 2. The van der Waals surface area contributed by atoms with E-state index in [0.717, 1.165) is 4.68 Å². The molecular formula is C19H20F2N6O2. The van der Waals surface area contributed by atoms with Gasteiger partial charge in [-0.1, -0.05) is 6.07 Å². The van der Waals surface area contributed by atoms with E-state index in [1.165, 1.54) is 6.07 Å². The highest BCUT2D eigenvalue weighted by molar-refractivity contribution is 6.03. The number of hydrogen-bond acceptors (Lipinski definition) is 4. The van der Waals surface area contributed by atoms with Crippen molar-refractivity contribution in [3.05, 3.63) is 59.7 Å². The molecule has 0 aliphatic heterocycles. The van der Waals surface area contributed by atoms with Gasteiger partial charge in [0.15, 0.2) is 0 Å². The first-order valence-electron chi connectivity index (χ1n) is 8.93. The number of nitrogens with zero attached hydrogens (tertiary/aromatic N) is 4. The van der Waals surface area contributed by atoms with Crippen LogP contribution in [0.15, 0.2) is 42.6 Å². The van der Waals surface area contributed by atoms with Crippen molar-refractivity contribution >= 4 is 23.2 Å². The van der Waals surface area contributed by atoms with E-state index in [9.17, 15) is 18.4 Å². The van der Waals surface area contributed by atoms with Crippen LogP contribution in [-0.2, 0) is 17.9 Å². The molecule has 152 valence electrons. The van der Waals surface area contributed by atoms with Gasteiger partial charge in [0.1, 0.15) is 17.9 Å². The molecule has 2 amide bonds. The van der Waals surface area contributed by atoms with Gasteiger partial charge in [-0.15, -0.1) is 0 Å². The van der Waals surface area contributed by atoms with Gasteiger partial charge in [0.05, 0.1) is 5.69 Å². The fraction of sp³-hybridized carbons (Fsp3) is 0.263. The summed E-state index contributed by atoms with van der Waals surface area (Å²) in [7, 11) is 0. The number of aryl methyl sites for hydroxylation is 2. The molecule has 3 aromatic rings. The Kier molecular flexibility index (Phi) is 6.01. The number of benzene rings is 1. The molecule has 2 aromatic heterocycles. The number of nitrogens with one attached hydrogen (secondary N) is 2. The number of hydrogen-bond donors (Lipinski definition) is 2. The number of aromatic nitrogens is 4. The minimum Gasteiger partial charge on any atom is -0.324 e. The zero-order valence-electron chi connectivity index (χ0n) is 15.9. The van der Waals surface area contributed by atoms with E-state index in [4.69, 9.17) is 0 Å². The smallest absolute Gasteiger partial charge is 0.280 e. The topological polar surface area (TPSA) is 93.8 Å². The normalized spacial score (nSPS) is 10.9. The maximum Gasteiger partial charge on any atom is 0.280 e. The lowest BCUT2D eigenvalue weighted by Gasteiger charge is -2.10. The van der Waals surface area contributed by atoms with Gasteiger partial charge < -0.3 is 10.6 Å². The molecule has 0 aliphatic rings. The number of anilines is 2. The van der Waals surface area contributed by atoms with E-state index in [2.05, 4.69) is 20.8 Å². The lowest BCUT2D eigenvalue weighted by molar-refractivity contribution is -0.117. The van der Waals surface area contributed by atoms with Crippen molar-refractivity contribution in [2.24, 2.45) is 0 Å². The summed E-state index contributed by atoms with van der Waals surface area (Å²) in [6, 6.07) is 9.39. The lowest BCUT2D eigenvalue weighted by Crippen LogP contribution is -2.21. The van der Waals surface area contributed by atoms with Gasteiger partial charge in [-0.2, -0.15) is 10.2 Å². The molecule has 0 atom stereocenters. The zero-order valence-corrected chi connectivity index (χ0v) is 15.9. The zero-order chi connectivity index (χ0) is 21.0. The molecule has 0 radical (unpaired) electrons. The molecule has 10 heteroatoms. The van der Waals surface area contributed by atoms with E-state index < -0.39 is 12.3 Å². The predicted molar refractivity (Wildman–Crippen MR) is 103 cm³/mol. The molecule has 0 saturated heterocycles. The Hall–Kier alpha value is -3.56. The monoisotopic (exact) mass is 402 g/mol. The van der Waals surface area contributed by atoms with E-state index in [1.54, 1.807) is 48.1 Å². The summed E-state index contributed by atoms with van der Waals surface area (Å²) in [6.45, 7) is 3.66. The third kappa shape index (κ3) is 4.84. The summed E-state index contributed by atoms with van der Waals surface area (Å²) < 4.78 is 28.6. The van der Waals surface area contributed by atoms with Crippen LogP contribution in [0.5, 0.6) is 0 Å². The molecule has 3 rings (SSSR count). The highest BCUT2D eigenvalue weighted by Gasteiger charge is 2.17. The SMILES string of the molecule is CCn1nccc1C(=O)Nc1cccc(NC(=O)Cn2nc(C)cc2C(F)F)c1. The molecule has 0 bridgehead atoms. The lowest BCUT2D eigenvalue weighted by atomic mass is 10.2. The van der Waals surface area contributed by atoms with Gasteiger partial charge in [0, 0.05) is 24.1 Å². The summed E-state index contributed by atoms with van der Waals surface area (Å²) in [5, 5.41) is 13.3. The van der Waals surface area contributed by atoms with Crippen LogP contribution in [-0.4, -0.2) is 31.4 Å². The summed E-state index contributed by atoms with van der Waals surface area (Å²) >= 11 is 0. The van der Waals surface area contributed by atoms with Crippen molar-refractivity contribution in [3.63, 3.8) is 0 Å². The molecule has 29 heavy (non-hydrogen) atoms. The first-order valence-corrected chi connectivity index (χ1v) is 8.93. The number of carbonyl (C=O) groups excluding carboxylic acids is 2. The summed E-state index contributed by atoms with van der Waals surface area (Å²) in [5.41, 5.74) is 1.39. The van der Waals surface area contributed by atoms with Crippen LogP contribution >= 0.6 is 0 Å². The van der Waals surface area contributed by atoms with Gasteiger partial charge in [-0.25, -0.2) is 8.78 Å². The second-order valence-electron chi connectivity index (χ2n) is 6.28. The van der Waals surface area contributed by atoms with Crippen LogP contribution in [0.4, 0.5) is 20.2 Å². The van der Waals surface area contributed by atoms with Crippen LogP contribution < -0.4 is 10.6 Å². The Morgan fingerprint density at radius 1 is 1.10 bits per heavy atom. The summed E-state index contributed by atoms with van der Waals surface area (Å²) in [5.74, 6) is -0.844. The van der Waals surface area contributed by atoms with E-state index in [1.807, 2.05) is 6.92 Å². The second-order valence-corrected chi connectivity index (χ2v) is 6.28. The van der Waals surface area contributed by atoms with Crippen molar-refractivity contribution in [1.82, 2.24) is 19.6 Å². The van der Waals surface area contributed by atoms with Crippen LogP contribution in [0.3, 0.4) is 0 Å². The van der Waals surface area contributed by atoms with Gasteiger partial charge in [0.2, 0.25) is 5.91 Å². The maximum absolute atomic E-state index is 13.0. The Morgan fingerprint density at radius 3 is 2.52 bits per heavy atom. The number of halogens is 2. The van der Waals surface area contributed by atoms with Gasteiger partial charge in [-0.05, 0) is 44.2 Å². The highest BCUT2D eigenvalue weighted by atomic mass is 19.3. The Balaban J connectivity index is 1.67.